The average molecular weight is 246 g/mol. The van der Waals surface area contributed by atoms with Crippen molar-refractivity contribution < 1.29 is 4.79 Å². The molecule has 0 fully saturated rings. The zero-order valence-corrected chi connectivity index (χ0v) is 10.00. The topological polar surface area (TPSA) is 98.7 Å². The van der Waals surface area contributed by atoms with Crippen LogP contribution in [0.5, 0.6) is 0 Å². The number of tetrazole rings is 1. The molecule has 2 rings (SSSR count). The second kappa shape index (κ2) is 5.26. The molecule has 0 aliphatic rings. The van der Waals surface area contributed by atoms with Crippen molar-refractivity contribution in [3.63, 3.8) is 0 Å². The molecule has 1 heterocycles. The van der Waals surface area contributed by atoms with Gasteiger partial charge in [-0.3, -0.25) is 4.79 Å². The van der Waals surface area contributed by atoms with Crippen LogP contribution < -0.4 is 11.1 Å². The van der Waals surface area contributed by atoms with E-state index in [9.17, 15) is 4.79 Å². The van der Waals surface area contributed by atoms with Crippen LogP contribution in [0.15, 0.2) is 24.3 Å². The molecular weight excluding hydrogens is 232 g/mol. The van der Waals surface area contributed by atoms with Crippen LogP contribution >= 0.6 is 0 Å². The van der Waals surface area contributed by atoms with Gasteiger partial charge in [-0.2, -0.15) is 0 Å². The number of hydrogen-bond donors (Lipinski definition) is 2. The molecule has 0 aliphatic carbocycles. The summed E-state index contributed by atoms with van der Waals surface area (Å²) in [6.07, 6.45) is 0.968. The Morgan fingerprint density at radius 2 is 2.11 bits per heavy atom. The highest BCUT2D eigenvalue weighted by atomic mass is 16.2. The van der Waals surface area contributed by atoms with Gasteiger partial charge in [0.15, 0.2) is 0 Å². The monoisotopic (exact) mass is 246 g/mol. The van der Waals surface area contributed by atoms with Gasteiger partial charge < -0.3 is 11.1 Å². The predicted octanol–water partition coefficient (Wildman–Crippen LogP) is 0.456. The Labute approximate surface area is 104 Å². The summed E-state index contributed by atoms with van der Waals surface area (Å²) in [5.41, 5.74) is 7.43. The standard InChI is InChI=1S/C11H14N6O/c1-2-8-3-5-9(6-4-8)13-10(18)7-17-11(12)14-15-16-17/h3-6H,2,7H2,1H3,(H,13,18)(H2,12,14,16). The molecular formula is C11H14N6O. The van der Waals surface area contributed by atoms with Crippen molar-refractivity contribution in [3.05, 3.63) is 29.8 Å². The van der Waals surface area contributed by atoms with Gasteiger partial charge in [-0.15, -0.1) is 0 Å². The third kappa shape index (κ3) is 2.82. The number of hydrogen-bond acceptors (Lipinski definition) is 5. The van der Waals surface area contributed by atoms with Crippen molar-refractivity contribution in [2.75, 3.05) is 11.1 Å². The quantitative estimate of drug-likeness (QED) is 0.816. The van der Waals surface area contributed by atoms with E-state index in [2.05, 4.69) is 27.8 Å². The number of carbonyl (C=O) groups excluding carboxylic acids is 1. The van der Waals surface area contributed by atoms with Crippen LogP contribution in [-0.2, 0) is 17.8 Å². The number of rotatable bonds is 4. The summed E-state index contributed by atoms with van der Waals surface area (Å²) in [6.45, 7) is 2.07. The highest BCUT2D eigenvalue weighted by Crippen LogP contribution is 2.10. The van der Waals surface area contributed by atoms with Gasteiger partial charge in [0.25, 0.3) is 0 Å². The van der Waals surface area contributed by atoms with Crippen LogP contribution in [0.1, 0.15) is 12.5 Å². The Hall–Kier alpha value is -2.44. The molecule has 7 heteroatoms. The van der Waals surface area contributed by atoms with Gasteiger partial charge in [-0.25, -0.2) is 4.68 Å². The zero-order chi connectivity index (χ0) is 13.0. The minimum atomic E-state index is -0.224. The van der Waals surface area contributed by atoms with Crippen LogP contribution in [0.4, 0.5) is 11.6 Å². The molecule has 0 bridgehead atoms. The van der Waals surface area contributed by atoms with Gasteiger partial charge in [0.05, 0.1) is 0 Å². The Morgan fingerprint density at radius 1 is 1.39 bits per heavy atom. The Morgan fingerprint density at radius 3 is 2.67 bits per heavy atom. The highest BCUT2D eigenvalue weighted by molar-refractivity contribution is 5.90. The molecule has 94 valence electrons. The molecule has 18 heavy (non-hydrogen) atoms. The van der Waals surface area contributed by atoms with E-state index in [0.29, 0.717) is 0 Å². The second-order valence-corrected chi connectivity index (χ2v) is 3.79. The number of aryl methyl sites for hydroxylation is 1. The molecule has 2 aromatic rings. The number of nitrogen functional groups attached to an aromatic ring is 1. The van der Waals surface area contributed by atoms with Crippen LogP contribution in [0.2, 0.25) is 0 Å². The largest absolute Gasteiger partial charge is 0.367 e. The van der Waals surface area contributed by atoms with Crippen molar-refractivity contribution in [3.8, 4) is 0 Å². The molecule has 0 saturated carbocycles. The van der Waals surface area contributed by atoms with Gasteiger partial charge in [0.2, 0.25) is 11.9 Å². The van der Waals surface area contributed by atoms with E-state index in [-0.39, 0.29) is 18.4 Å². The molecule has 0 unspecified atom stereocenters. The maximum Gasteiger partial charge on any atom is 0.246 e. The van der Waals surface area contributed by atoms with E-state index in [1.165, 1.54) is 10.2 Å². The number of benzene rings is 1. The molecule has 1 amide bonds. The first-order valence-electron chi connectivity index (χ1n) is 5.59. The SMILES string of the molecule is CCc1ccc(NC(=O)Cn2nnnc2N)cc1. The minimum Gasteiger partial charge on any atom is -0.367 e. The summed E-state index contributed by atoms with van der Waals surface area (Å²) in [5.74, 6) is -0.107. The lowest BCUT2D eigenvalue weighted by atomic mass is 10.1. The van der Waals surface area contributed by atoms with Crippen molar-refractivity contribution in [2.24, 2.45) is 0 Å². The zero-order valence-electron chi connectivity index (χ0n) is 10.00. The van der Waals surface area contributed by atoms with Gasteiger partial charge in [0, 0.05) is 5.69 Å². The number of carbonyl (C=O) groups is 1. The van der Waals surface area contributed by atoms with Gasteiger partial charge in [0.1, 0.15) is 6.54 Å². The number of nitrogens with one attached hydrogen (secondary N) is 1. The summed E-state index contributed by atoms with van der Waals surface area (Å²) < 4.78 is 1.23. The van der Waals surface area contributed by atoms with Gasteiger partial charge in [-0.05, 0) is 34.5 Å². The fraction of sp³-hybridized carbons (Fsp3) is 0.273. The number of amides is 1. The van der Waals surface area contributed by atoms with E-state index in [0.717, 1.165) is 12.1 Å². The number of nitrogens with zero attached hydrogens (tertiary/aromatic N) is 4. The van der Waals surface area contributed by atoms with Gasteiger partial charge >= 0.3 is 0 Å². The van der Waals surface area contributed by atoms with E-state index in [1.807, 2.05) is 24.3 Å². The molecule has 0 saturated heterocycles. The molecule has 0 radical (unpaired) electrons. The third-order valence-electron chi connectivity index (χ3n) is 2.50. The van der Waals surface area contributed by atoms with Crippen molar-refractivity contribution in [2.45, 2.75) is 19.9 Å². The lowest BCUT2D eigenvalue weighted by molar-refractivity contribution is -0.116. The number of aromatic nitrogens is 4. The van der Waals surface area contributed by atoms with Crippen molar-refractivity contribution >= 4 is 17.5 Å². The van der Waals surface area contributed by atoms with Crippen LogP contribution in [-0.4, -0.2) is 26.1 Å². The summed E-state index contributed by atoms with van der Waals surface area (Å²) >= 11 is 0. The number of nitrogens with two attached hydrogens (primary N) is 1. The first kappa shape index (κ1) is 12.0. The Bertz CT molecular complexity index is 533. The Kier molecular flexibility index (Phi) is 3.52. The molecule has 3 N–H and O–H groups in total. The highest BCUT2D eigenvalue weighted by Gasteiger charge is 2.07. The predicted molar refractivity (Wildman–Crippen MR) is 66.7 cm³/mol. The Balaban J connectivity index is 1.96. The van der Waals surface area contributed by atoms with Crippen molar-refractivity contribution in [1.29, 1.82) is 0 Å². The van der Waals surface area contributed by atoms with Gasteiger partial charge in [-0.1, -0.05) is 24.2 Å². The first-order chi connectivity index (χ1) is 8.69. The molecule has 0 aliphatic heterocycles. The van der Waals surface area contributed by atoms with Crippen LogP contribution in [0.3, 0.4) is 0 Å². The summed E-state index contributed by atoms with van der Waals surface area (Å²) in [7, 11) is 0. The molecule has 1 aromatic heterocycles. The van der Waals surface area contributed by atoms with Crippen LogP contribution in [0, 0.1) is 0 Å². The fourth-order valence-corrected chi connectivity index (χ4v) is 1.48. The third-order valence-corrected chi connectivity index (χ3v) is 2.50. The summed E-state index contributed by atoms with van der Waals surface area (Å²) in [4.78, 5) is 11.7. The van der Waals surface area contributed by atoms with E-state index in [1.54, 1.807) is 0 Å². The lowest BCUT2D eigenvalue weighted by Crippen LogP contribution is -2.20. The van der Waals surface area contributed by atoms with E-state index in [4.69, 9.17) is 5.73 Å². The van der Waals surface area contributed by atoms with Crippen molar-refractivity contribution in [1.82, 2.24) is 20.2 Å². The molecule has 7 nitrogen and oxygen atoms in total. The summed E-state index contributed by atoms with van der Waals surface area (Å²) in [5, 5.41) is 13.2. The second-order valence-electron chi connectivity index (χ2n) is 3.79. The maximum atomic E-state index is 11.7. The first-order valence-corrected chi connectivity index (χ1v) is 5.59. The maximum absolute atomic E-state index is 11.7. The normalized spacial score (nSPS) is 10.3. The van der Waals surface area contributed by atoms with E-state index >= 15 is 0 Å². The fourth-order valence-electron chi connectivity index (χ4n) is 1.48. The minimum absolute atomic E-state index is 0.00559. The van der Waals surface area contributed by atoms with E-state index < -0.39 is 0 Å². The summed E-state index contributed by atoms with van der Waals surface area (Å²) in [6, 6.07) is 7.67. The van der Waals surface area contributed by atoms with Crippen LogP contribution in [0.25, 0.3) is 0 Å². The molecule has 1 aromatic carbocycles. The number of anilines is 2. The smallest absolute Gasteiger partial charge is 0.246 e. The molecule has 0 atom stereocenters. The molecule has 0 spiro atoms. The lowest BCUT2D eigenvalue weighted by Gasteiger charge is -2.06. The average Bonchev–Trinajstić information content (AvgIpc) is 2.76.